The summed E-state index contributed by atoms with van der Waals surface area (Å²) in [6, 6.07) is 3.45. The number of amides is 3. The van der Waals surface area contributed by atoms with Gasteiger partial charge in [0.25, 0.3) is 5.91 Å². The lowest BCUT2D eigenvalue weighted by atomic mass is 10.1. The summed E-state index contributed by atoms with van der Waals surface area (Å²) in [7, 11) is 0. The summed E-state index contributed by atoms with van der Waals surface area (Å²) < 4.78 is 0. The Morgan fingerprint density at radius 2 is 1.64 bits per heavy atom. The van der Waals surface area contributed by atoms with Crippen molar-refractivity contribution in [1.29, 1.82) is 0 Å². The van der Waals surface area contributed by atoms with Crippen molar-refractivity contribution in [3.05, 3.63) is 33.8 Å². The van der Waals surface area contributed by atoms with E-state index in [-0.39, 0.29) is 17.7 Å². The van der Waals surface area contributed by atoms with E-state index >= 15 is 0 Å². The number of carbonyl (C=O) groups excluding carboxylic acids is 3. The molecule has 1 N–H and O–H groups in total. The van der Waals surface area contributed by atoms with Gasteiger partial charge in [0.1, 0.15) is 12.1 Å². The van der Waals surface area contributed by atoms with E-state index in [1.54, 1.807) is 30.0 Å². The SMILES string of the molecule is C[C@H](NC(=O)[C@@H]1CCCN1C(=O)c1cc(Cl)cc(Cl)c1)C(=O)N1CCCCC1. The Kier molecular flexibility index (Phi) is 6.83. The maximum absolute atomic E-state index is 12.9. The Morgan fingerprint density at radius 1 is 1.00 bits per heavy atom. The summed E-state index contributed by atoms with van der Waals surface area (Å²) in [5.74, 6) is -0.639. The van der Waals surface area contributed by atoms with Gasteiger partial charge < -0.3 is 15.1 Å². The molecule has 0 bridgehead atoms. The van der Waals surface area contributed by atoms with Gasteiger partial charge in [-0.2, -0.15) is 0 Å². The van der Waals surface area contributed by atoms with Crippen LogP contribution >= 0.6 is 23.2 Å². The number of nitrogens with zero attached hydrogens (tertiary/aromatic N) is 2. The lowest BCUT2D eigenvalue weighted by Gasteiger charge is -2.30. The van der Waals surface area contributed by atoms with Gasteiger partial charge in [-0.05, 0) is 57.2 Å². The third kappa shape index (κ3) is 4.78. The first-order valence-electron chi connectivity index (χ1n) is 9.73. The molecule has 0 saturated carbocycles. The van der Waals surface area contributed by atoms with Crippen molar-refractivity contribution < 1.29 is 14.4 Å². The number of nitrogens with one attached hydrogen (secondary N) is 1. The van der Waals surface area contributed by atoms with Crippen molar-refractivity contribution in [3.63, 3.8) is 0 Å². The standard InChI is InChI=1S/C20H25Cl2N3O3/c1-13(19(27)24-7-3-2-4-8-24)23-18(26)17-6-5-9-25(17)20(28)14-10-15(21)12-16(22)11-14/h10-13,17H,2-9H2,1H3,(H,23,26)/t13-,17-/m0/s1. The molecule has 0 unspecified atom stereocenters. The van der Waals surface area contributed by atoms with Gasteiger partial charge in [0, 0.05) is 35.2 Å². The molecule has 6 nitrogen and oxygen atoms in total. The highest BCUT2D eigenvalue weighted by molar-refractivity contribution is 6.35. The fourth-order valence-electron chi connectivity index (χ4n) is 3.88. The minimum Gasteiger partial charge on any atom is -0.343 e. The Bertz CT molecular complexity index is 745. The molecule has 0 spiro atoms. The summed E-state index contributed by atoms with van der Waals surface area (Å²) in [5.41, 5.74) is 0.356. The van der Waals surface area contributed by atoms with Gasteiger partial charge >= 0.3 is 0 Å². The summed E-state index contributed by atoms with van der Waals surface area (Å²) in [4.78, 5) is 41.6. The summed E-state index contributed by atoms with van der Waals surface area (Å²) in [6.45, 7) is 3.66. The first kappa shape index (κ1) is 20.9. The van der Waals surface area contributed by atoms with Gasteiger partial charge in [-0.15, -0.1) is 0 Å². The van der Waals surface area contributed by atoms with Gasteiger partial charge in [0.15, 0.2) is 0 Å². The zero-order valence-corrected chi connectivity index (χ0v) is 17.4. The van der Waals surface area contributed by atoms with Crippen LogP contribution in [0.2, 0.25) is 10.0 Å². The zero-order chi connectivity index (χ0) is 20.3. The number of halogens is 2. The second-order valence-electron chi connectivity index (χ2n) is 7.43. The molecule has 2 saturated heterocycles. The molecule has 2 aliphatic rings. The number of likely N-dealkylation sites (tertiary alicyclic amines) is 2. The molecule has 3 rings (SSSR count). The van der Waals surface area contributed by atoms with E-state index in [9.17, 15) is 14.4 Å². The molecule has 2 atom stereocenters. The Hall–Kier alpha value is -1.79. The minimum atomic E-state index is -0.608. The van der Waals surface area contributed by atoms with Crippen LogP contribution in [0.4, 0.5) is 0 Å². The first-order chi connectivity index (χ1) is 13.4. The van der Waals surface area contributed by atoms with E-state index in [2.05, 4.69) is 5.32 Å². The van der Waals surface area contributed by atoms with Crippen molar-refractivity contribution in [2.24, 2.45) is 0 Å². The molecule has 28 heavy (non-hydrogen) atoms. The second kappa shape index (κ2) is 9.14. The highest BCUT2D eigenvalue weighted by Crippen LogP contribution is 2.24. The third-order valence-corrected chi connectivity index (χ3v) is 5.76. The number of hydrogen-bond donors (Lipinski definition) is 1. The number of benzene rings is 1. The van der Waals surface area contributed by atoms with Gasteiger partial charge in [0.2, 0.25) is 11.8 Å². The van der Waals surface area contributed by atoms with Crippen LogP contribution < -0.4 is 5.32 Å². The molecule has 152 valence electrons. The number of piperidine rings is 1. The molecule has 2 heterocycles. The highest BCUT2D eigenvalue weighted by atomic mass is 35.5. The summed E-state index contributed by atoms with van der Waals surface area (Å²) in [5, 5.41) is 3.55. The molecule has 0 radical (unpaired) electrons. The van der Waals surface area contributed by atoms with Crippen LogP contribution in [0.25, 0.3) is 0 Å². The van der Waals surface area contributed by atoms with Crippen molar-refractivity contribution in [2.75, 3.05) is 19.6 Å². The van der Waals surface area contributed by atoms with E-state index < -0.39 is 12.1 Å². The van der Waals surface area contributed by atoms with Gasteiger partial charge in [-0.1, -0.05) is 23.2 Å². The van der Waals surface area contributed by atoms with Gasteiger partial charge in [0.05, 0.1) is 0 Å². The normalized spacial score (nSPS) is 20.8. The molecule has 1 aromatic rings. The van der Waals surface area contributed by atoms with E-state index in [1.807, 2.05) is 0 Å². The lowest BCUT2D eigenvalue weighted by Crippen LogP contribution is -2.53. The zero-order valence-electron chi connectivity index (χ0n) is 15.9. The maximum atomic E-state index is 12.9. The van der Waals surface area contributed by atoms with Crippen LogP contribution in [-0.2, 0) is 9.59 Å². The third-order valence-electron chi connectivity index (χ3n) is 5.32. The number of rotatable bonds is 4. The van der Waals surface area contributed by atoms with Crippen LogP contribution in [0.5, 0.6) is 0 Å². The van der Waals surface area contributed by atoms with Gasteiger partial charge in [-0.3, -0.25) is 14.4 Å². The molecule has 2 fully saturated rings. The minimum absolute atomic E-state index is 0.0643. The smallest absolute Gasteiger partial charge is 0.254 e. The molecule has 2 aliphatic heterocycles. The van der Waals surface area contributed by atoms with E-state index in [4.69, 9.17) is 23.2 Å². The Labute approximate surface area is 175 Å². The quantitative estimate of drug-likeness (QED) is 0.805. The maximum Gasteiger partial charge on any atom is 0.254 e. The topological polar surface area (TPSA) is 69.7 Å². The van der Waals surface area contributed by atoms with Gasteiger partial charge in [-0.25, -0.2) is 0 Å². The van der Waals surface area contributed by atoms with Crippen molar-refractivity contribution >= 4 is 40.9 Å². The first-order valence-corrected chi connectivity index (χ1v) is 10.5. The van der Waals surface area contributed by atoms with Crippen molar-refractivity contribution in [3.8, 4) is 0 Å². The molecule has 3 amide bonds. The Balaban J connectivity index is 1.65. The Morgan fingerprint density at radius 3 is 2.29 bits per heavy atom. The summed E-state index contributed by atoms with van der Waals surface area (Å²) >= 11 is 12.0. The predicted octanol–water partition coefficient (Wildman–Crippen LogP) is 3.12. The fraction of sp³-hybridized carbons (Fsp3) is 0.550. The second-order valence-corrected chi connectivity index (χ2v) is 8.30. The van der Waals surface area contributed by atoms with Crippen molar-refractivity contribution in [1.82, 2.24) is 15.1 Å². The van der Waals surface area contributed by atoms with Crippen LogP contribution in [0, 0.1) is 0 Å². The molecule has 8 heteroatoms. The number of hydrogen-bond acceptors (Lipinski definition) is 3. The van der Waals surface area contributed by atoms with Crippen LogP contribution in [-0.4, -0.2) is 59.2 Å². The lowest BCUT2D eigenvalue weighted by molar-refractivity contribution is -0.137. The number of carbonyl (C=O) groups is 3. The molecule has 1 aromatic carbocycles. The average Bonchev–Trinajstić information content (AvgIpc) is 3.16. The molecular weight excluding hydrogens is 401 g/mol. The van der Waals surface area contributed by atoms with E-state index in [1.165, 1.54) is 4.90 Å². The molecular formula is C20H25Cl2N3O3. The highest BCUT2D eigenvalue weighted by Gasteiger charge is 2.36. The van der Waals surface area contributed by atoms with E-state index in [0.29, 0.717) is 28.6 Å². The largest absolute Gasteiger partial charge is 0.343 e. The average molecular weight is 426 g/mol. The molecule has 0 aromatic heterocycles. The monoisotopic (exact) mass is 425 g/mol. The molecule has 0 aliphatic carbocycles. The van der Waals surface area contributed by atoms with Crippen molar-refractivity contribution in [2.45, 2.75) is 51.1 Å². The predicted molar refractivity (Wildman–Crippen MR) is 109 cm³/mol. The fourth-order valence-corrected chi connectivity index (χ4v) is 4.41. The summed E-state index contributed by atoms with van der Waals surface area (Å²) in [6.07, 6.45) is 4.43. The van der Waals surface area contributed by atoms with Crippen LogP contribution in [0.3, 0.4) is 0 Å². The van der Waals surface area contributed by atoms with E-state index in [0.717, 1.165) is 38.8 Å². The van der Waals surface area contributed by atoms with Crippen LogP contribution in [0.1, 0.15) is 49.4 Å². The van der Waals surface area contributed by atoms with Crippen LogP contribution in [0.15, 0.2) is 18.2 Å².